The molecule has 0 spiro atoms. The van der Waals surface area contributed by atoms with Gasteiger partial charge >= 0.3 is 0 Å². The van der Waals surface area contributed by atoms with Crippen molar-refractivity contribution in [3.8, 4) is 11.5 Å². The van der Waals surface area contributed by atoms with Gasteiger partial charge in [0.1, 0.15) is 11.5 Å². The van der Waals surface area contributed by atoms with Crippen molar-refractivity contribution in [2.45, 2.75) is 31.9 Å². The van der Waals surface area contributed by atoms with E-state index in [9.17, 15) is 0 Å². The van der Waals surface area contributed by atoms with E-state index in [1.807, 2.05) is 18.2 Å². The number of ether oxygens (including phenoxy) is 3. The Morgan fingerprint density at radius 2 is 1.89 bits per heavy atom. The van der Waals surface area contributed by atoms with Crippen molar-refractivity contribution in [1.29, 1.82) is 0 Å². The van der Waals surface area contributed by atoms with Crippen LogP contribution in [0.2, 0.25) is 0 Å². The summed E-state index contributed by atoms with van der Waals surface area (Å²) in [5.41, 5.74) is 7.47. The lowest BCUT2D eigenvalue weighted by atomic mass is 9.87. The highest BCUT2D eigenvalue weighted by molar-refractivity contribution is 5.40. The van der Waals surface area contributed by atoms with Crippen LogP contribution in [0.3, 0.4) is 0 Å². The Bertz CT molecular complexity index is 400. The fourth-order valence-electron chi connectivity index (χ4n) is 2.77. The molecule has 1 aromatic rings. The Balaban J connectivity index is 2.24. The molecule has 4 nitrogen and oxygen atoms in total. The van der Waals surface area contributed by atoms with Gasteiger partial charge in [0.05, 0.1) is 20.3 Å². The van der Waals surface area contributed by atoms with E-state index in [4.69, 9.17) is 19.9 Å². The molecular formula is C15H23NO3. The van der Waals surface area contributed by atoms with Gasteiger partial charge < -0.3 is 19.9 Å². The minimum Gasteiger partial charge on any atom is -0.497 e. The first kappa shape index (κ1) is 14.2. The van der Waals surface area contributed by atoms with E-state index in [0.717, 1.165) is 36.5 Å². The summed E-state index contributed by atoms with van der Waals surface area (Å²) in [7, 11) is 3.30. The van der Waals surface area contributed by atoms with E-state index >= 15 is 0 Å². The third kappa shape index (κ3) is 3.01. The van der Waals surface area contributed by atoms with Crippen molar-refractivity contribution in [1.82, 2.24) is 0 Å². The van der Waals surface area contributed by atoms with E-state index in [2.05, 4.69) is 6.92 Å². The molecule has 1 heterocycles. The standard InChI is InChI=1S/C15H23NO3/c1-4-14-13(5-6-19-14)15(16)10-7-11(17-2)9-12(8-10)18-3/h7-9,13-15H,4-6,16H2,1-3H3. The molecule has 0 radical (unpaired) electrons. The topological polar surface area (TPSA) is 53.7 Å². The first-order valence-corrected chi connectivity index (χ1v) is 6.79. The zero-order chi connectivity index (χ0) is 13.8. The van der Waals surface area contributed by atoms with Crippen molar-refractivity contribution in [3.63, 3.8) is 0 Å². The van der Waals surface area contributed by atoms with E-state index < -0.39 is 0 Å². The van der Waals surface area contributed by atoms with Crippen molar-refractivity contribution >= 4 is 0 Å². The monoisotopic (exact) mass is 265 g/mol. The van der Waals surface area contributed by atoms with Gasteiger partial charge in [0, 0.05) is 24.6 Å². The summed E-state index contributed by atoms with van der Waals surface area (Å²) >= 11 is 0. The fraction of sp³-hybridized carbons (Fsp3) is 0.600. The SMILES string of the molecule is CCC1OCCC1C(N)c1cc(OC)cc(OC)c1. The molecule has 2 N–H and O–H groups in total. The van der Waals surface area contributed by atoms with Gasteiger partial charge in [-0.1, -0.05) is 6.92 Å². The van der Waals surface area contributed by atoms with E-state index in [1.165, 1.54) is 0 Å². The second-order valence-corrected chi connectivity index (χ2v) is 4.94. The number of benzene rings is 1. The van der Waals surface area contributed by atoms with Gasteiger partial charge in [-0.25, -0.2) is 0 Å². The summed E-state index contributed by atoms with van der Waals surface area (Å²) in [6.45, 7) is 2.94. The molecule has 2 rings (SSSR count). The second-order valence-electron chi connectivity index (χ2n) is 4.94. The summed E-state index contributed by atoms with van der Waals surface area (Å²) < 4.78 is 16.3. The lowest BCUT2D eigenvalue weighted by molar-refractivity contribution is 0.0813. The molecule has 4 heteroatoms. The van der Waals surface area contributed by atoms with Crippen molar-refractivity contribution in [3.05, 3.63) is 23.8 Å². The largest absolute Gasteiger partial charge is 0.497 e. The molecule has 3 atom stereocenters. The van der Waals surface area contributed by atoms with Crippen molar-refractivity contribution in [2.24, 2.45) is 11.7 Å². The van der Waals surface area contributed by atoms with Gasteiger partial charge in [0.25, 0.3) is 0 Å². The third-order valence-corrected chi connectivity index (χ3v) is 3.88. The molecule has 0 bridgehead atoms. The molecule has 0 aromatic heterocycles. The minimum atomic E-state index is -0.0450. The molecule has 1 fully saturated rings. The normalized spacial score (nSPS) is 24.2. The molecule has 1 aliphatic rings. The van der Waals surface area contributed by atoms with Crippen LogP contribution in [0.5, 0.6) is 11.5 Å². The molecule has 3 unspecified atom stereocenters. The Morgan fingerprint density at radius 1 is 1.26 bits per heavy atom. The number of hydrogen-bond acceptors (Lipinski definition) is 4. The van der Waals surface area contributed by atoms with Gasteiger partial charge in [-0.15, -0.1) is 0 Å². The minimum absolute atomic E-state index is 0.0450. The Labute approximate surface area is 114 Å². The van der Waals surface area contributed by atoms with Crippen LogP contribution >= 0.6 is 0 Å². The fourth-order valence-corrected chi connectivity index (χ4v) is 2.77. The summed E-state index contributed by atoms with van der Waals surface area (Å²) in [5.74, 6) is 1.91. The smallest absolute Gasteiger partial charge is 0.122 e. The molecule has 0 amide bonds. The first-order chi connectivity index (χ1) is 9.19. The average molecular weight is 265 g/mol. The van der Waals surface area contributed by atoms with Crippen LogP contribution in [0.1, 0.15) is 31.4 Å². The maximum absolute atomic E-state index is 6.42. The average Bonchev–Trinajstić information content (AvgIpc) is 2.94. The summed E-state index contributed by atoms with van der Waals surface area (Å²) in [6, 6.07) is 5.78. The van der Waals surface area contributed by atoms with Gasteiger partial charge in [-0.2, -0.15) is 0 Å². The van der Waals surface area contributed by atoms with Crippen LogP contribution in [-0.2, 0) is 4.74 Å². The Morgan fingerprint density at radius 3 is 2.42 bits per heavy atom. The maximum Gasteiger partial charge on any atom is 0.122 e. The van der Waals surface area contributed by atoms with Crippen LogP contribution in [0.25, 0.3) is 0 Å². The van der Waals surface area contributed by atoms with E-state index in [1.54, 1.807) is 14.2 Å². The van der Waals surface area contributed by atoms with E-state index in [0.29, 0.717) is 5.92 Å². The summed E-state index contributed by atoms with van der Waals surface area (Å²) in [5, 5.41) is 0. The van der Waals surface area contributed by atoms with Gasteiger partial charge in [-0.05, 0) is 30.5 Å². The van der Waals surface area contributed by atoms with Crippen molar-refractivity contribution in [2.75, 3.05) is 20.8 Å². The molecule has 106 valence electrons. The predicted molar refractivity (Wildman–Crippen MR) is 74.6 cm³/mol. The molecule has 0 saturated carbocycles. The number of rotatable bonds is 5. The quantitative estimate of drug-likeness (QED) is 0.888. The molecule has 1 aliphatic heterocycles. The van der Waals surface area contributed by atoms with Crippen molar-refractivity contribution < 1.29 is 14.2 Å². The number of methoxy groups -OCH3 is 2. The van der Waals surface area contributed by atoms with Crippen LogP contribution in [0.4, 0.5) is 0 Å². The zero-order valence-electron chi connectivity index (χ0n) is 11.9. The maximum atomic E-state index is 6.42. The zero-order valence-corrected chi connectivity index (χ0v) is 11.9. The Kier molecular flexibility index (Phi) is 4.66. The molecular weight excluding hydrogens is 242 g/mol. The highest BCUT2D eigenvalue weighted by Crippen LogP contribution is 2.35. The summed E-state index contributed by atoms with van der Waals surface area (Å²) in [6.07, 6.45) is 2.27. The van der Waals surface area contributed by atoms with Crippen LogP contribution in [0.15, 0.2) is 18.2 Å². The van der Waals surface area contributed by atoms with Gasteiger partial charge in [-0.3, -0.25) is 0 Å². The predicted octanol–water partition coefficient (Wildman–Crippen LogP) is 2.52. The Hall–Kier alpha value is -1.26. The third-order valence-electron chi connectivity index (χ3n) is 3.88. The van der Waals surface area contributed by atoms with E-state index in [-0.39, 0.29) is 12.1 Å². The molecule has 1 aromatic carbocycles. The molecule has 19 heavy (non-hydrogen) atoms. The second kappa shape index (κ2) is 6.26. The van der Waals surface area contributed by atoms with Crippen LogP contribution in [0, 0.1) is 5.92 Å². The van der Waals surface area contributed by atoms with Crippen LogP contribution in [-0.4, -0.2) is 26.9 Å². The van der Waals surface area contributed by atoms with Crippen LogP contribution < -0.4 is 15.2 Å². The molecule has 1 saturated heterocycles. The first-order valence-electron chi connectivity index (χ1n) is 6.79. The van der Waals surface area contributed by atoms with Gasteiger partial charge in [0.2, 0.25) is 0 Å². The van der Waals surface area contributed by atoms with Gasteiger partial charge in [0.15, 0.2) is 0 Å². The lowest BCUT2D eigenvalue weighted by Gasteiger charge is -2.24. The molecule has 0 aliphatic carbocycles. The number of nitrogens with two attached hydrogens (primary N) is 1. The highest BCUT2D eigenvalue weighted by Gasteiger charge is 2.32. The summed E-state index contributed by atoms with van der Waals surface area (Å²) in [4.78, 5) is 0. The number of hydrogen-bond donors (Lipinski definition) is 1. The highest BCUT2D eigenvalue weighted by atomic mass is 16.5. The lowest BCUT2D eigenvalue weighted by Crippen LogP contribution is -2.28.